The van der Waals surface area contributed by atoms with E-state index < -0.39 is 15.1 Å². The summed E-state index contributed by atoms with van der Waals surface area (Å²) in [5.74, 6) is 2.12. The fraction of sp³-hybridized carbons (Fsp3) is 0.219. The van der Waals surface area contributed by atoms with Crippen LogP contribution in [0.2, 0.25) is 0 Å². The van der Waals surface area contributed by atoms with Gasteiger partial charge in [-0.3, -0.25) is 4.90 Å². The molecule has 1 heterocycles. The highest BCUT2D eigenvalue weighted by Gasteiger charge is 2.39. The number of nitrogen functional groups attached to an aromatic ring is 1. The molecule has 0 saturated heterocycles. The quantitative estimate of drug-likeness (QED) is 0.0531. The fourth-order valence-corrected chi connectivity index (χ4v) is 13.6. The number of amides is 1. The first-order chi connectivity index (χ1) is 36.1. The van der Waals surface area contributed by atoms with Gasteiger partial charge in [0.25, 0.3) is 0 Å². The number of rotatable bonds is 22. The molecule has 0 spiro atoms. The Morgan fingerprint density at radius 2 is 0.959 bits per heavy atom. The van der Waals surface area contributed by atoms with Crippen LogP contribution in [0.5, 0.6) is 5.75 Å². The van der Waals surface area contributed by atoms with Crippen molar-refractivity contribution in [3.63, 3.8) is 0 Å². The van der Waals surface area contributed by atoms with Gasteiger partial charge in [-0.15, -0.1) is 34.9 Å². The van der Waals surface area contributed by atoms with Crippen molar-refractivity contribution in [2.24, 2.45) is 0 Å². The summed E-state index contributed by atoms with van der Waals surface area (Å²) in [6.45, 7) is 9.02. The van der Waals surface area contributed by atoms with E-state index in [9.17, 15) is 4.79 Å². The van der Waals surface area contributed by atoms with Gasteiger partial charge in [-0.2, -0.15) is 0 Å². The van der Waals surface area contributed by atoms with Crippen molar-refractivity contribution in [3.05, 3.63) is 258 Å². The number of nitrogens with two attached hydrogens (primary N) is 1. The number of benzene rings is 8. The highest BCUT2D eigenvalue weighted by atomic mass is 32.2. The lowest BCUT2D eigenvalue weighted by molar-refractivity contribution is 0.0244. The number of ether oxygens (including phenoxy) is 2. The first-order valence-corrected chi connectivity index (χ1v) is 28.1. The van der Waals surface area contributed by atoms with E-state index in [0.717, 1.165) is 33.1 Å². The number of thiazole rings is 1. The summed E-state index contributed by atoms with van der Waals surface area (Å²) in [5, 5.41) is 0.884. The molecule has 0 fully saturated rings. The van der Waals surface area contributed by atoms with E-state index in [0.29, 0.717) is 50.0 Å². The van der Waals surface area contributed by atoms with Crippen molar-refractivity contribution in [2.45, 2.75) is 35.9 Å². The molecule has 0 unspecified atom stereocenters. The second-order valence-corrected chi connectivity index (χ2v) is 22.8. The number of hydrogen-bond donors (Lipinski definition) is 1. The average molecular weight is 1030 g/mol. The molecule has 376 valence electrons. The van der Waals surface area contributed by atoms with Crippen LogP contribution >= 0.6 is 34.9 Å². The lowest BCUT2D eigenvalue weighted by Crippen LogP contribution is -2.44. The molecular formula is C64H64N4O3S3. The van der Waals surface area contributed by atoms with E-state index >= 15 is 0 Å². The minimum absolute atomic E-state index is 0.329. The van der Waals surface area contributed by atoms with E-state index in [1.54, 1.807) is 11.3 Å². The normalized spacial score (nSPS) is 11.9. The van der Waals surface area contributed by atoms with Crippen molar-refractivity contribution in [3.8, 4) is 16.3 Å². The Balaban J connectivity index is 1.01. The molecule has 0 aliphatic carbocycles. The van der Waals surface area contributed by atoms with Crippen LogP contribution in [0.1, 0.15) is 54.2 Å². The molecule has 74 heavy (non-hydrogen) atoms. The number of para-hydroxylation sites is 1. The first kappa shape index (κ1) is 52.1. The van der Waals surface area contributed by atoms with Gasteiger partial charge >= 0.3 is 6.09 Å². The zero-order valence-electron chi connectivity index (χ0n) is 42.4. The number of carbonyl (C=O) groups is 1. The molecule has 0 aliphatic heterocycles. The summed E-state index contributed by atoms with van der Waals surface area (Å²) in [7, 11) is 0. The number of aromatic nitrogens is 1. The number of hydrogen-bond acceptors (Lipinski definition) is 9. The molecule has 10 heteroatoms. The predicted molar refractivity (Wildman–Crippen MR) is 313 cm³/mol. The Bertz CT molecular complexity index is 2930. The SMILES string of the molecule is CC(C)(C)OC(=O)N(CCSC(c1ccccc1)(c1ccccc1)c1ccccc1)CCN(CCOc1cc(N)ccc1-c1nc2ccccc2s1)CCSC(c1ccccc1)(c1ccccc1)c1ccccc1. The van der Waals surface area contributed by atoms with Crippen molar-refractivity contribution >= 4 is 56.9 Å². The van der Waals surface area contributed by atoms with E-state index in [1.165, 1.54) is 33.4 Å². The van der Waals surface area contributed by atoms with E-state index in [4.69, 9.17) is 20.2 Å². The first-order valence-electron chi connectivity index (χ1n) is 25.3. The average Bonchev–Trinajstić information content (AvgIpc) is 3.87. The summed E-state index contributed by atoms with van der Waals surface area (Å²) >= 11 is 5.43. The van der Waals surface area contributed by atoms with Crippen LogP contribution in [0.3, 0.4) is 0 Å². The van der Waals surface area contributed by atoms with Gasteiger partial charge in [0.05, 0.1) is 25.3 Å². The van der Waals surface area contributed by atoms with Crippen LogP contribution in [-0.4, -0.2) is 77.3 Å². The van der Waals surface area contributed by atoms with Gasteiger partial charge in [-0.25, -0.2) is 9.78 Å². The maximum atomic E-state index is 14.5. The standard InChI is InChI=1S/C64H64N4O3S3/c1-62(2,3)71-61(69)68(44-47-73-64(52-30-16-7-17-31-52,53-32-18-8-19-33-53)54-34-20-9-21-35-54)41-40-67(42-45-70-58-48-55(65)38-39-56(58)60-66-57-36-22-23-37-59(57)74-60)43-46-72-63(49-24-10-4-11-25-49,50-26-12-5-13-27-50)51-28-14-6-15-29-51/h4-39,48H,40-47,65H2,1-3H3. The van der Waals surface area contributed by atoms with Gasteiger partial charge < -0.3 is 20.1 Å². The number of fused-ring (bicyclic) bond motifs is 1. The van der Waals surface area contributed by atoms with E-state index in [-0.39, 0.29) is 6.09 Å². The largest absolute Gasteiger partial charge is 0.491 e. The zero-order valence-corrected chi connectivity index (χ0v) is 44.8. The zero-order chi connectivity index (χ0) is 51.2. The lowest BCUT2D eigenvalue weighted by atomic mass is 9.84. The second-order valence-electron chi connectivity index (χ2n) is 19.2. The maximum absolute atomic E-state index is 14.5. The maximum Gasteiger partial charge on any atom is 0.410 e. The van der Waals surface area contributed by atoms with Crippen molar-refractivity contribution in [1.29, 1.82) is 0 Å². The van der Waals surface area contributed by atoms with Crippen LogP contribution in [-0.2, 0) is 14.2 Å². The molecule has 0 aliphatic rings. The van der Waals surface area contributed by atoms with Crippen LogP contribution in [0.25, 0.3) is 20.8 Å². The molecular weight excluding hydrogens is 969 g/mol. The van der Waals surface area contributed by atoms with Crippen molar-refractivity contribution < 1.29 is 14.3 Å². The van der Waals surface area contributed by atoms with Gasteiger partial charge in [-0.05, 0) is 78.4 Å². The summed E-state index contributed by atoms with van der Waals surface area (Å²) in [4.78, 5) is 23.7. The molecule has 1 amide bonds. The monoisotopic (exact) mass is 1030 g/mol. The minimum Gasteiger partial charge on any atom is -0.491 e. The predicted octanol–water partition coefficient (Wildman–Crippen LogP) is 14.9. The van der Waals surface area contributed by atoms with Gasteiger partial charge in [-0.1, -0.05) is 194 Å². The number of anilines is 1. The molecule has 7 nitrogen and oxygen atoms in total. The molecule has 9 aromatic rings. The van der Waals surface area contributed by atoms with Gasteiger partial charge in [0, 0.05) is 56.0 Å². The molecule has 1 aromatic heterocycles. The summed E-state index contributed by atoms with van der Waals surface area (Å²) in [6.07, 6.45) is -0.329. The molecule has 0 atom stereocenters. The van der Waals surface area contributed by atoms with Crippen LogP contribution in [0, 0.1) is 0 Å². The summed E-state index contributed by atoms with van der Waals surface area (Å²) in [5.41, 5.74) is 15.4. The Morgan fingerprint density at radius 1 is 0.527 bits per heavy atom. The molecule has 0 radical (unpaired) electrons. The number of thioether (sulfide) groups is 2. The third kappa shape index (κ3) is 12.4. The van der Waals surface area contributed by atoms with E-state index in [1.807, 2.05) is 85.6 Å². The molecule has 8 aromatic carbocycles. The van der Waals surface area contributed by atoms with Gasteiger partial charge in [0.2, 0.25) is 0 Å². The Hall–Kier alpha value is -6.82. The van der Waals surface area contributed by atoms with Gasteiger partial charge in [0.1, 0.15) is 23.0 Å². The highest BCUT2D eigenvalue weighted by Crippen LogP contribution is 2.50. The molecule has 0 bridgehead atoms. The molecule has 0 saturated carbocycles. The Morgan fingerprint density at radius 3 is 1.41 bits per heavy atom. The van der Waals surface area contributed by atoms with Crippen molar-refractivity contribution in [2.75, 3.05) is 56.6 Å². The summed E-state index contributed by atoms with van der Waals surface area (Å²) < 4.78 is 13.0. The number of carbonyl (C=O) groups excluding carboxylic acids is 1. The van der Waals surface area contributed by atoms with Gasteiger partial charge in [0.15, 0.2) is 0 Å². The molecule has 2 N–H and O–H groups in total. The third-order valence-corrected chi connectivity index (χ3v) is 17.1. The second kappa shape index (κ2) is 24.5. The lowest BCUT2D eigenvalue weighted by Gasteiger charge is -2.37. The number of nitrogens with zero attached hydrogens (tertiary/aromatic N) is 3. The fourth-order valence-electron chi connectivity index (χ4n) is 9.50. The van der Waals surface area contributed by atoms with Crippen LogP contribution in [0.4, 0.5) is 10.5 Å². The Kier molecular flexibility index (Phi) is 17.2. The molecule has 9 rings (SSSR count). The summed E-state index contributed by atoms with van der Waals surface area (Å²) in [6, 6.07) is 78.6. The van der Waals surface area contributed by atoms with Crippen LogP contribution in [0.15, 0.2) is 224 Å². The Labute approximate surface area is 449 Å². The smallest absolute Gasteiger partial charge is 0.410 e. The van der Waals surface area contributed by atoms with E-state index in [2.05, 4.69) is 193 Å². The third-order valence-electron chi connectivity index (χ3n) is 13.0. The topological polar surface area (TPSA) is 80.9 Å². The minimum atomic E-state index is -0.678. The van der Waals surface area contributed by atoms with Crippen molar-refractivity contribution in [1.82, 2.24) is 14.8 Å². The van der Waals surface area contributed by atoms with Crippen LogP contribution < -0.4 is 10.5 Å². The highest BCUT2D eigenvalue weighted by molar-refractivity contribution is 8.00.